The predicted molar refractivity (Wildman–Crippen MR) is 114 cm³/mol. The monoisotopic (exact) mass is 412 g/mol. The normalized spacial score (nSPS) is 15.5. The zero-order valence-electron chi connectivity index (χ0n) is 17.4. The molecule has 0 aliphatic carbocycles. The van der Waals surface area contributed by atoms with Crippen LogP contribution in [0.15, 0.2) is 48.5 Å². The minimum Gasteiger partial charge on any atom is -0.494 e. The van der Waals surface area contributed by atoms with Crippen LogP contribution in [-0.2, 0) is 16.1 Å². The molecule has 1 atom stereocenters. The van der Waals surface area contributed by atoms with Crippen molar-refractivity contribution in [1.29, 1.82) is 0 Å². The molecule has 0 bridgehead atoms. The minimum atomic E-state index is -0.585. The van der Waals surface area contributed by atoms with E-state index in [1.165, 1.54) is 4.90 Å². The Morgan fingerprint density at radius 3 is 2.57 bits per heavy atom. The summed E-state index contributed by atoms with van der Waals surface area (Å²) < 4.78 is 16.6. The quantitative estimate of drug-likeness (QED) is 0.702. The van der Waals surface area contributed by atoms with E-state index < -0.39 is 12.1 Å². The zero-order valence-corrected chi connectivity index (χ0v) is 17.4. The van der Waals surface area contributed by atoms with Crippen LogP contribution in [0, 0.1) is 0 Å². The van der Waals surface area contributed by atoms with E-state index in [1.807, 2.05) is 44.2 Å². The molecule has 2 aromatic rings. The second kappa shape index (κ2) is 10.5. The lowest BCUT2D eigenvalue weighted by Crippen LogP contribution is -2.43. The summed E-state index contributed by atoms with van der Waals surface area (Å²) in [5, 5.41) is 2.90. The lowest BCUT2D eigenvalue weighted by atomic mass is 10.2. The van der Waals surface area contributed by atoms with Gasteiger partial charge in [0.25, 0.3) is 0 Å². The predicted octanol–water partition coefficient (Wildman–Crippen LogP) is 4.22. The van der Waals surface area contributed by atoms with Crippen LogP contribution < -0.4 is 14.8 Å². The van der Waals surface area contributed by atoms with E-state index in [0.29, 0.717) is 43.4 Å². The van der Waals surface area contributed by atoms with Gasteiger partial charge in [0.1, 0.15) is 24.1 Å². The maximum atomic E-state index is 13.0. The molecule has 7 heteroatoms. The van der Waals surface area contributed by atoms with Gasteiger partial charge in [0.05, 0.1) is 18.9 Å². The second-order valence-electron chi connectivity index (χ2n) is 6.90. The van der Waals surface area contributed by atoms with Crippen molar-refractivity contribution in [1.82, 2.24) is 4.90 Å². The molecule has 0 radical (unpaired) electrons. The first-order valence-corrected chi connectivity index (χ1v) is 10.3. The molecule has 1 N–H and O–H groups in total. The smallest absolute Gasteiger partial charge is 0.410 e. The van der Waals surface area contributed by atoms with Gasteiger partial charge in [-0.25, -0.2) is 4.79 Å². The number of amides is 2. The average Bonchev–Trinajstić information content (AvgIpc) is 3.25. The van der Waals surface area contributed by atoms with Crippen LogP contribution in [0.3, 0.4) is 0 Å². The van der Waals surface area contributed by atoms with Crippen molar-refractivity contribution in [2.45, 2.75) is 39.3 Å². The van der Waals surface area contributed by atoms with Gasteiger partial charge in [-0.05, 0) is 44.4 Å². The summed E-state index contributed by atoms with van der Waals surface area (Å²) in [7, 11) is 0. The van der Waals surface area contributed by atoms with E-state index in [1.54, 1.807) is 18.2 Å². The lowest BCUT2D eigenvalue weighted by molar-refractivity contribution is -0.120. The Bertz CT molecular complexity index is 856. The minimum absolute atomic E-state index is 0.176. The number of ether oxygens (including phenoxy) is 3. The summed E-state index contributed by atoms with van der Waals surface area (Å²) in [6.45, 7) is 5.43. The van der Waals surface area contributed by atoms with Crippen LogP contribution in [0.5, 0.6) is 11.5 Å². The van der Waals surface area contributed by atoms with Crippen LogP contribution in [0.2, 0.25) is 0 Å². The summed E-state index contributed by atoms with van der Waals surface area (Å²) in [5.41, 5.74) is 1.43. The van der Waals surface area contributed by atoms with Crippen LogP contribution >= 0.6 is 0 Å². The molecule has 1 aliphatic rings. The van der Waals surface area contributed by atoms with Crippen molar-refractivity contribution in [3.63, 3.8) is 0 Å². The van der Waals surface area contributed by atoms with Gasteiger partial charge in [0.2, 0.25) is 5.91 Å². The third-order valence-corrected chi connectivity index (χ3v) is 4.81. The third-order valence-electron chi connectivity index (χ3n) is 4.81. The molecule has 0 unspecified atom stereocenters. The van der Waals surface area contributed by atoms with E-state index in [-0.39, 0.29) is 12.5 Å². The first-order chi connectivity index (χ1) is 14.6. The second-order valence-corrected chi connectivity index (χ2v) is 6.90. The molecule has 7 nitrogen and oxygen atoms in total. The molecule has 3 rings (SSSR count). The van der Waals surface area contributed by atoms with E-state index in [4.69, 9.17) is 14.2 Å². The first-order valence-electron chi connectivity index (χ1n) is 10.3. The fourth-order valence-electron chi connectivity index (χ4n) is 3.42. The molecular formula is C23H28N2O5. The Morgan fingerprint density at radius 2 is 1.83 bits per heavy atom. The molecule has 30 heavy (non-hydrogen) atoms. The van der Waals surface area contributed by atoms with Gasteiger partial charge >= 0.3 is 6.09 Å². The van der Waals surface area contributed by atoms with Crippen molar-refractivity contribution in [2.75, 3.05) is 25.1 Å². The Balaban J connectivity index is 1.66. The standard InChI is InChI=1S/C23H28N2O5/c1-3-28-18-12-13-21(29-4-2)19(15-18)24-22(26)20-11-8-14-25(20)23(27)30-16-17-9-6-5-7-10-17/h5-7,9-10,12-13,15,20H,3-4,8,11,14,16H2,1-2H3,(H,24,26)/t20-/m1/s1. The third kappa shape index (κ3) is 5.43. The molecule has 2 amide bonds. The van der Waals surface area contributed by atoms with Gasteiger partial charge < -0.3 is 19.5 Å². The highest BCUT2D eigenvalue weighted by Crippen LogP contribution is 2.30. The molecule has 160 valence electrons. The maximum absolute atomic E-state index is 13.0. The fraction of sp³-hybridized carbons (Fsp3) is 0.391. The summed E-state index contributed by atoms with van der Waals surface area (Å²) in [6.07, 6.45) is 0.849. The molecule has 1 aliphatic heterocycles. The summed E-state index contributed by atoms with van der Waals surface area (Å²) in [6, 6.07) is 14.2. The number of hydrogen-bond donors (Lipinski definition) is 1. The van der Waals surface area contributed by atoms with Crippen LogP contribution in [0.25, 0.3) is 0 Å². The fourth-order valence-corrected chi connectivity index (χ4v) is 3.42. The topological polar surface area (TPSA) is 77.1 Å². The highest BCUT2D eigenvalue weighted by Gasteiger charge is 2.35. The van der Waals surface area contributed by atoms with Crippen LogP contribution in [-0.4, -0.2) is 42.7 Å². The number of nitrogens with one attached hydrogen (secondary N) is 1. The van der Waals surface area contributed by atoms with Crippen molar-refractivity contribution in [2.24, 2.45) is 0 Å². The molecule has 2 aromatic carbocycles. The van der Waals surface area contributed by atoms with Gasteiger partial charge in [-0.15, -0.1) is 0 Å². The summed E-state index contributed by atoms with van der Waals surface area (Å²) >= 11 is 0. The summed E-state index contributed by atoms with van der Waals surface area (Å²) in [5.74, 6) is 0.936. The Kier molecular flexibility index (Phi) is 7.54. The zero-order chi connectivity index (χ0) is 21.3. The number of nitrogens with zero attached hydrogens (tertiary/aromatic N) is 1. The van der Waals surface area contributed by atoms with E-state index in [0.717, 1.165) is 12.0 Å². The maximum Gasteiger partial charge on any atom is 0.410 e. The number of likely N-dealkylation sites (tertiary alicyclic amines) is 1. The Hall–Kier alpha value is -3.22. The van der Waals surface area contributed by atoms with E-state index >= 15 is 0 Å². The Labute approximate surface area is 176 Å². The van der Waals surface area contributed by atoms with Crippen molar-refractivity contribution >= 4 is 17.7 Å². The number of carbonyl (C=O) groups is 2. The average molecular weight is 412 g/mol. The largest absolute Gasteiger partial charge is 0.494 e. The van der Waals surface area contributed by atoms with Crippen LogP contribution in [0.1, 0.15) is 32.3 Å². The highest BCUT2D eigenvalue weighted by atomic mass is 16.6. The molecule has 0 aromatic heterocycles. The van der Waals surface area contributed by atoms with Crippen molar-refractivity contribution < 1.29 is 23.8 Å². The van der Waals surface area contributed by atoms with E-state index in [2.05, 4.69) is 5.32 Å². The van der Waals surface area contributed by atoms with Crippen molar-refractivity contribution in [3.8, 4) is 11.5 Å². The van der Waals surface area contributed by atoms with Crippen molar-refractivity contribution in [3.05, 3.63) is 54.1 Å². The summed E-state index contributed by atoms with van der Waals surface area (Å²) in [4.78, 5) is 27.0. The highest BCUT2D eigenvalue weighted by molar-refractivity contribution is 5.98. The molecule has 0 spiro atoms. The SMILES string of the molecule is CCOc1ccc(OCC)c(NC(=O)[C@H]2CCCN2C(=O)OCc2ccccc2)c1. The molecule has 0 saturated carbocycles. The lowest BCUT2D eigenvalue weighted by Gasteiger charge is -2.24. The van der Waals surface area contributed by atoms with Gasteiger partial charge in [-0.3, -0.25) is 9.69 Å². The number of anilines is 1. The number of carbonyl (C=O) groups excluding carboxylic acids is 2. The van der Waals surface area contributed by atoms with Crippen LogP contribution in [0.4, 0.5) is 10.5 Å². The molecule has 1 saturated heterocycles. The van der Waals surface area contributed by atoms with E-state index in [9.17, 15) is 9.59 Å². The number of benzene rings is 2. The molecule has 1 heterocycles. The van der Waals surface area contributed by atoms with Gasteiger partial charge in [-0.1, -0.05) is 30.3 Å². The van der Waals surface area contributed by atoms with Gasteiger partial charge in [0, 0.05) is 12.6 Å². The number of rotatable bonds is 8. The Morgan fingerprint density at radius 1 is 1.07 bits per heavy atom. The number of hydrogen-bond acceptors (Lipinski definition) is 5. The molecule has 1 fully saturated rings. The molecular weight excluding hydrogens is 384 g/mol. The van der Waals surface area contributed by atoms with Gasteiger partial charge in [-0.2, -0.15) is 0 Å². The van der Waals surface area contributed by atoms with Gasteiger partial charge in [0.15, 0.2) is 0 Å². The first kappa shape index (κ1) is 21.5.